The molecule has 3 nitrogen and oxygen atoms in total. The molecule has 1 N–H and O–H groups in total. The molecule has 0 radical (unpaired) electrons. The highest BCUT2D eigenvalue weighted by Gasteiger charge is 2.06. The SMILES string of the molecule is COc1ccc(Cl)cc1CN[C@H](C)CCCN(C)C. The van der Waals surface area contributed by atoms with Gasteiger partial charge in [0.1, 0.15) is 5.75 Å². The summed E-state index contributed by atoms with van der Waals surface area (Å²) in [5, 5.41) is 4.27. The molecular weight excluding hydrogens is 260 g/mol. The lowest BCUT2D eigenvalue weighted by molar-refractivity contribution is 0.373. The fourth-order valence-electron chi connectivity index (χ4n) is 1.99. The lowest BCUT2D eigenvalue weighted by atomic mass is 10.1. The van der Waals surface area contributed by atoms with E-state index in [0.717, 1.165) is 29.4 Å². The average Bonchev–Trinajstić information content (AvgIpc) is 2.36. The molecule has 0 fully saturated rings. The predicted molar refractivity (Wildman–Crippen MR) is 82.1 cm³/mol. The summed E-state index contributed by atoms with van der Waals surface area (Å²) in [6.45, 7) is 4.13. The van der Waals surface area contributed by atoms with Crippen molar-refractivity contribution in [2.75, 3.05) is 27.7 Å². The van der Waals surface area contributed by atoms with Gasteiger partial charge in [-0.05, 0) is 58.6 Å². The number of ether oxygens (including phenoxy) is 1. The first kappa shape index (κ1) is 16.3. The van der Waals surface area contributed by atoms with Crippen LogP contribution in [0.4, 0.5) is 0 Å². The van der Waals surface area contributed by atoms with E-state index in [4.69, 9.17) is 16.3 Å². The Morgan fingerprint density at radius 3 is 2.74 bits per heavy atom. The Morgan fingerprint density at radius 2 is 2.11 bits per heavy atom. The molecule has 0 bridgehead atoms. The summed E-state index contributed by atoms with van der Waals surface area (Å²) in [4.78, 5) is 2.21. The van der Waals surface area contributed by atoms with Crippen LogP contribution in [0.15, 0.2) is 18.2 Å². The molecular formula is C15H25ClN2O. The average molecular weight is 285 g/mol. The van der Waals surface area contributed by atoms with Crippen LogP contribution in [-0.2, 0) is 6.54 Å². The predicted octanol–water partition coefficient (Wildman–Crippen LogP) is 3.17. The Hall–Kier alpha value is -0.770. The normalized spacial score (nSPS) is 12.7. The van der Waals surface area contributed by atoms with Crippen molar-refractivity contribution in [1.29, 1.82) is 0 Å². The summed E-state index contributed by atoms with van der Waals surface area (Å²) in [5.74, 6) is 0.886. The summed E-state index contributed by atoms with van der Waals surface area (Å²) in [6.07, 6.45) is 2.37. The fourth-order valence-corrected chi connectivity index (χ4v) is 2.18. The van der Waals surface area contributed by atoms with Gasteiger partial charge in [-0.15, -0.1) is 0 Å². The Kier molecular flexibility index (Phi) is 7.21. The van der Waals surface area contributed by atoms with E-state index in [0.29, 0.717) is 6.04 Å². The summed E-state index contributed by atoms with van der Waals surface area (Å²) < 4.78 is 5.34. The van der Waals surface area contributed by atoms with Crippen molar-refractivity contribution in [1.82, 2.24) is 10.2 Å². The molecule has 1 rings (SSSR count). The summed E-state index contributed by atoms with van der Waals surface area (Å²) in [7, 11) is 5.90. The van der Waals surface area contributed by atoms with Crippen molar-refractivity contribution in [2.45, 2.75) is 32.4 Å². The first-order valence-corrected chi connectivity index (χ1v) is 7.11. The fraction of sp³-hybridized carbons (Fsp3) is 0.600. The maximum Gasteiger partial charge on any atom is 0.123 e. The van der Waals surface area contributed by atoms with Crippen LogP contribution >= 0.6 is 11.6 Å². The monoisotopic (exact) mass is 284 g/mol. The van der Waals surface area contributed by atoms with Crippen LogP contribution in [0, 0.1) is 0 Å². The minimum absolute atomic E-state index is 0.489. The van der Waals surface area contributed by atoms with E-state index in [1.54, 1.807) is 7.11 Å². The number of halogens is 1. The minimum atomic E-state index is 0.489. The molecule has 1 aromatic rings. The maximum atomic E-state index is 6.02. The van der Waals surface area contributed by atoms with Crippen LogP contribution in [-0.4, -0.2) is 38.7 Å². The second-order valence-electron chi connectivity index (χ2n) is 5.18. The van der Waals surface area contributed by atoms with E-state index < -0.39 is 0 Å². The summed E-state index contributed by atoms with van der Waals surface area (Å²) in [6, 6.07) is 6.21. The number of hydrogen-bond donors (Lipinski definition) is 1. The van der Waals surface area contributed by atoms with Gasteiger partial charge in [0.2, 0.25) is 0 Å². The van der Waals surface area contributed by atoms with Gasteiger partial charge in [-0.25, -0.2) is 0 Å². The third kappa shape index (κ3) is 6.28. The van der Waals surface area contributed by atoms with Crippen molar-refractivity contribution in [3.8, 4) is 5.75 Å². The lowest BCUT2D eigenvalue weighted by Gasteiger charge is -2.17. The number of benzene rings is 1. The number of hydrogen-bond acceptors (Lipinski definition) is 3. The highest BCUT2D eigenvalue weighted by molar-refractivity contribution is 6.30. The zero-order chi connectivity index (χ0) is 14.3. The van der Waals surface area contributed by atoms with Crippen molar-refractivity contribution in [3.63, 3.8) is 0 Å². The zero-order valence-electron chi connectivity index (χ0n) is 12.4. The first-order chi connectivity index (χ1) is 9.02. The van der Waals surface area contributed by atoms with Crippen LogP contribution in [0.5, 0.6) is 5.75 Å². The van der Waals surface area contributed by atoms with E-state index in [1.165, 1.54) is 12.8 Å². The summed E-state index contributed by atoms with van der Waals surface area (Å²) >= 11 is 6.02. The molecule has 0 aliphatic carbocycles. The number of nitrogens with zero attached hydrogens (tertiary/aromatic N) is 1. The van der Waals surface area contributed by atoms with Gasteiger partial charge in [-0.3, -0.25) is 0 Å². The molecule has 0 amide bonds. The van der Waals surface area contributed by atoms with Gasteiger partial charge in [0.05, 0.1) is 7.11 Å². The molecule has 0 unspecified atom stereocenters. The van der Waals surface area contributed by atoms with Crippen molar-refractivity contribution in [3.05, 3.63) is 28.8 Å². The van der Waals surface area contributed by atoms with Crippen LogP contribution in [0.25, 0.3) is 0 Å². The van der Waals surface area contributed by atoms with E-state index in [-0.39, 0.29) is 0 Å². The van der Waals surface area contributed by atoms with Crippen LogP contribution in [0.2, 0.25) is 5.02 Å². The Bertz CT molecular complexity index is 382. The van der Waals surface area contributed by atoms with E-state index in [1.807, 2.05) is 18.2 Å². The Balaban J connectivity index is 2.41. The largest absolute Gasteiger partial charge is 0.496 e. The van der Waals surface area contributed by atoms with Crippen molar-refractivity contribution < 1.29 is 4.74 Å². The molecule has 0 saturated carbocycles. The third-order valence-electron chi connectivity index (χ3n) is 3.13. The molecule has 0 aliphatic rings. The topological polar surface area (TPSA) is 24.5 Å². The molecule has 108 valence electrons. The smallest absolute Gasteiger partial charge is 0.123 e. The first-order valence-electron chi connectivity index (χ1n) is 6.73. The number of rotatable bonds is 8. The molecule has 0 spiro atoms. The Labute approximate surface area is 121 Å². The lowest BCUT2D eigenvalue weighted by Crippen LogP contribution is -2.26. The molecule has 0 saturated heterocycles. The number of nitrogens with one attached hydrogen (secondary N) is 1. The van der Waals surface area contributed by atoms with Crippen LogP contribution in [0.3, 0.4) is 0 Å². The van der Waals surface area contributed by atoms with Crippen LogP contribution in [0.1, 0.15) is 25.3 Å². The van der Waals surface area contributed by atoms with Crippen LogP contribution < -0.4 is 10.1 Å². The molecule has 0 aromatic heterocycles. The van der Waals surface area contributed by atoms with Crippen molar-refractivity contribution in [2.24, 2.45) is 0 Å². The maximum absolute atomic E-state index is 6.02. The quantitative estimate of drug-likeness (QED) is 0.794. The van der Waals surface area contributed by atoms with E-state index in [2.05, 4.69) is 31.2 Å². The number of methoxy groups -OCH3 is 1. The van der Waals surface area contributed by atoms with Gasteiger partial charge in [-0.1, -0.05) is 11.6 Å². The molecule has 1 atom stereocenters. The van der Waals surface area contributed by atoms with Gasteiger partial charge in [0, 0.05) is 23.2 Å². The van der Waals surface area contributed by atoms with Gasteiger partial charge < -0.3 is 15.0 Å². The van der Waals surface area contributed by atoms with Crippen molar-refractivity contribution >= 4 is 11.6 Å². The summed E-state index contributed by atoms with van der Waals surface area (Å²) in [5.41, 5.74) is 1.11. The van der Waals surface area contributed by atoms with Gasteiger partial charge >= 0.3 is 0 Å². The molecule has 19 heavy (non-hydrogen) atoms. The van der Waals surface area contributed by atoms with Gasteiger partial charge in [-0.2, -0.15) is 0 Å². The Morgan fingerprint density at radius 1 is 1.37 bits per heavy atom. The van der Waals surface area contributed by atoms with E-state index >= 15 is 0 Å². The zero-order valence-corrected chi connectivity index (χ0v) is 13.1. The highest BCUT2D eigenvalue weighted by atomic mass is 35.5. The van der Waals surface area contributed by atoms with Gasteiger partial charge in [0.15, 0.2) is 0 Å². The second kappa shape index (κ2) is 8.41. The third-order valence-corrected chi connectivity index (χ3v) is 3.36. The standard InChI is InChI=1S/C15H25ClN2O/c1-12(6-5-9-18(2)3)17-11-13-10-14(16)7-8-15(13)19-4/h7-8,10,12,17H,5-6,9,11H2,1-4H3/t12-/m1/s1. The second-order valence-corrected chi connectivity index (χ2v) is 5.62. The molecule has 0 aliphatic heterocycles. The molecule has 4 heteroatoms. The highest BCUT2D eigenvalue weighted by Crippen LogP contribution is 2.22. The molecule has 1 aromatic carbocycles. The molecule has 0 heterocycles. The van der Waals surface area contributed by atoms with E-state index in [9.17, 15) is 0 Å². The van der Waals surface area contributed by atoms with Gasteiger partial charge in [0.25, 0.3) is 0 Å². The minimum Gasteiger partial charge on any atom is -0.496 e.